The lowest BCUT2D eigenvalue weighted by Crippen LogP contribution is -2.41. The fourth-order valence-electron chi connectivity index (χ4n) is 3.79. The van der Waals surface area contributed by atoms with Crippen LogP contribution in [0.5, 0.6) is 5.75 Å². The number of aromatic nitrogens is 3. The summed E-state index contributed by atoms with van der Waals surface area (Å²) in [7, 11) is 0. The number of fused-ring (bicyclic) bond motifs is 1. The molecule has 1 amide bonds. The quantitative estimate of drug-likeness (QED) is 0.659. The van der Waals surface area contributed by atoms with Gasteiger partial charge in [-0.15, -0.1) is 5.10 Å². The number of hydrogen-bond donors (Lipinski definition) is 0. The van der Waals surface area contributed by atoms with Gasteiger partial charge >= 0.3 is 0 Å². The summed E-state index contributed by atoms with van der Waals surface area (Å²) in [6.45, 7) is 4.87. The molecule has 1 fully saturated rings. The molecule has 2 aromatic carbocycles. The van der Waals surface area contributed by atoms with E-state index in [0.717, 1.165) is 42.7 Å². The number of aryl methyl sites for hydroxylation is 2. The van der Waals surface area contributed by atoms with Crippen molar-refractivity contribution in [3.05, 3.63) is 54.1 Å². The first-order chi connectivity index (χ1) is 13.7. The smallest absolute Gasteiger partial charge is 0.224 e. The van der Waals surface area contributed by atoms with Gasteiger partial charge in [-0.2, -0.15) is 0 Å². The lowest BCUT2D eigenvalue weighted by molar-refractivity contribution is -0.133. The molecule has 1 saturated heterocycles. The zero-order valence-corrected chi connectivity index (χ0v) is 16.3. The average Bonchev–Trinajstić information content (AvgIpc) is 3.14. The van der Waals surface area contributed by atoms with Crippen molar-refractivity contribution in [3.63, 3.8) is 0 Å². The first-order valence-electron chi connectivity index (χ1n) is 9.94. The number of benzene rings is 2. The van der Waals surface area contributed by atoms with E-state index < -0.39 is 0 Å². The van der Waals surface area contributed by atoms with Gasteiger partial charge in [-0.05, 0) is 49.6 Å². The fraction of sp³-hybridized carbons (Fsp3) is 0.409. The second-order valence-electron chi connectivity index (χ2n) is 7.53. The van der Waals surface area contributed by atoms with Crippen LogP contribution < -0.4 is 4.74 Å². The lowest BCUT2D eigenvalue weighted by Gasteiger charge is -2.32. The van der Waals surface area contributed by atoms with Gasteiger partial charge in [0.1, 0.15) is 11.3 Å². The highest BCUT2D eigenvalue weighted by Crippen LogP contribution is 2.20. The van der Waals surface area contributed by atoms with Gasteiger partial charge < -0.3 is 9.64 Å². The predicted molar refractivity (Wildman–Crippen MR) is 108 cm³/mol. The van der Waals surface area contributed by atoms with Gasteiger partial charge in [-0.25, -0.2) is 4.68 Å². The van der Waals surface area contributed by atoms with Crippen LogP contribution in [-0.2, 0) is 11.3 Å². The van der Waals surface area contributed by atoms with Crippen LogP contribution in [0.2, 0.25) is 0 Å². The van der Waals surface area contributed by atoms with Crippen LogP contribution in [0.15, 0.2) is 48.5 Å². The number of carbonyl (C=O) groups excluding carboxylic acids is 1. The van der Waals surface area contributed by atoms with Crippen LogP contribution >= 0.6 is 0 Å². The van der Waals surface area contributed by atoms with Crippen molar-refractivity contribution in [3.8, 4) is 5.75 Å². The molecule has 0 unspecified atom stereocenters. The Balaban J connectivity index is 1.29. The monoisotopic (exact) mass is 378 g/mol. The minimum Gasteiger partial charge on any atom is -0.493 e. The van der Waals surface area contributed by atoms with Gasteiger partial charge in [-0.1, -0.05) is 29.5 Å². The Bertz CT molecular complexity index is 952. The molecule has 1 aliphatic rings. The molecule has 28 heavy (non-hydrogen) atoms. The lowest BCUT2D eigenvalue weighted by atomic mass is 9.98. The number of rotatable bonds is 6. The SMILES string of the molecule is Cc1cccc(OC[C@@H]2CCCN(C(=O)CCn3nnc4ccccc43)C2)c1. The van der Waals surface area contributed by atoms with Gasteiger partial charge in [0, 0.05) is 25.4 Å². The zero-order valence-electron chi connectivity index (χ0n) is 16.3. The summed E-state index contributed by atoms with van der Waals surface area (Å²) in [6, 6.07) is 15.9. The minimum atomic E-state index is 0.180. The van der Waals surface area contributed by atoms with E-state index >= 15 is 0 Å². The Hall–Kier alpha value is -2.89. The first kappa shape index (κ1) is 18.5. The third kappa shape index (κ3) is 4.32. The van der Waals surface area contributed by atoms with Crippen molar-refractivity contribution < 1.29 is 9.53 Å². The molecule has 6 nitrogen and oxygen atoms in total. The van der Waals surface area contributed by atoms with Crippen LogP contribution in [0.4, 0.5) is 0 Å². The molecule has 146 valence electrons. The maximum absolute atomic E-state index is 12.7. The normalized spacial score (nSPS) is 17.0. The standard InChI is InChI=1S/C22H26N4O2/c1-17-6-4-8-19(14-17)28-16-18-7-5-12-25(15-18)22(27)11-13-26-21-10-3-2-9-20(21)23-24-26/h2-4,6,8-10,14,18H,5,7,11-13,15-16H2,1H3/t18-/m1/s1. The zero-order chi connectivity index (χ0) is 19.3. The maximum atomic E-state index is 12.7. The van der Waals surface area contributed by atoms with E-state index in [2.05, 4.69) is 23.3 Å². The molecule has 0 aliphatic carbocycles. The molecule has 3 aromatic rings. The highest BCUT2D eigenvalue weighted by atomic mass is 16.5. The van der Waals surface area contributed by atoms with Crippen molar-refractivity contribution in [2.45, 2.75) is 32.7 Å². The van der Waals surface area contributed by atoms with Crippen LogP contribution in [-0.4, -0.2) is 45.5 Å². The van der Waals surface area contributed by atoms with Crippen molar-refractivity contribution >= 4 is 16.9 Å². The van der Waals surface area contributed by atoms with Crippen LogP contribution in [0.3, 0.4) is 0 Å². The number of hydrogen-bond acceptors (Lipinski definition) is 4. The third-order valence-corrected chi connectivity index (χ3v) is 5.30. The van der Waals surface area contributed by atoms with Gasteiger partial charge in [0.15, 0.2) is 0 Å². The molecule has 0 saturated carbocycles. The molecular weight excluding hydrogens is 352 g/mol. The molecule has 1 aliphatic heterocycles. The molecule has 4 rings (SSSR count). The number of carbonyl (C=O) groups is 1. The molecule has 0 spiro atoms. The van der Waals surface area contributed by atoms with Crippen molar-refractivity contribution in [1.82, 2.24) is 19.9 Å². The summed E-state index contributed by atoms with van der Waals surface area (Å²) < 4.78 is 7.78. The van der Waals surface area contributed by atoms with Crippen LogP contribution in [0, 0.1) is 12.8 Å². The van der Waals surface area contributed by atoms with E-state index in [-0.39, 0.29) is 5.91 Å². The average molecular weight is 378 g/mol. The molecule has 6 heteroatoms. The largest absolute Gasteiger partial charge is 0.493 e. The van der Waals surface area contributed by atoms with Gasteiger partial charge in [-0.3, -0.25) is 4.79 Å². The van der Waals surface area contributed by atoms with E-state index in [1.54, 1.807) is 0 Å². The molecule has 1 aromatic heterocycles. The van der Waals surface area contributed by atoms with Crippen molar-refractivity contribution in [2.24, 2.45) is 5.92 Å². The fourth-order valence-corrected chi connectivity index (χ4v) is 3.79. The van der Waals surface area contributed by atoms with E-state index in [0.29, 0.717) is 25.5 Å². The summed E-state index contributed by atoms with van der Waals surface area (Å²) in [5.74, 6) is 1.46. The second kappa shape index (κ2) is 8.42. The summed E-state index contributed by atoms with van der Waals surface area (Å²) >= 11 is 0. The number of ether oxygens (including phenoxy) is 1. The third-order valence-electron chi connectivity index (χ3n) is 5.30. The molecule has 2 heterocycles. The number of nitrogens with zero attached hydrogens (tertiary/aromatic N) is 4. The Labute approximate surface area is 165 Å². The Kier molecular flexibility index (Phi) is 5.55. The highest BCUT2D eigenvalue weighted by molar-refractivity contribution is 5.77. The molecule has 0 bridgehead atoms. The molecular formula is C22H26N4O2. The Morgan fingerprint density at radius 2 is 2.11 bits per heavy atom. The molecule has 0 radical (unpaired) electrons. The van der Waals surface area contributed by atoms with Crippen molar-refractivity contribution in [2.75, 3.05) is 19.7 Å². The van der Waals surface area contributed by atoms with Crippen molar-refractivity contribution in [1.29, 1.82) is 0 Å². The van der Waals surface area contributed by atoms with Gasteiger partial charge in [0.2, 0.25) is 5.91 Å². The number of amides is 1. The summed E-state index contributed by atoms with van der Waals surface area (Å²) in [6.07, 6.45) is 2.57. The van der Waals surface area contributed by atoms with Gasteiger partial charge in [0.05, 0.1) is 18.7 Å². The van der Waals surface area contributed by atoms with Crippen LogP contribution in [0.1, 0.15) is 24.8 Å². The topological polar surface area (TPSA) is 60.2 Å². The van der Waals surface area contributed by atoms with Gasteiger partial charge in [0.25, 0.3) is 0 Å². The summed E-state index contributed by atoms with van der Waals surface area (Å²) in [5, 5.41) is 8.33. The summed E-state index contributed by atoms with van der Waals surface area (Å²) in [5.41, 5.74) is 3.03. The van der Waals surface area contributed by atoms with Crippen LogP contribution in [0.25, 0.3) is 11.0 Å². The Morgan fingerprint density at radius 3 is 3.00 bits per heavy atom. The maximum Gasteiger partial charge on any atom is 0.224 e. The van der Waals surface area contributed by atoms with E-state index in [1.165, 1.54) is 5.56 Å². The highest BCUT2D eigenvalue weighted by Gasteiger charge is 2.24. The number of likely N-dealkylation sites (tertiary alicyclic amines) is 1. The molecule has 1 atom stereocenters. The second-order valence-corrected chi connectivity index (χ2v) is 7.53. The Morgan fingerprint density at radius 1 is 1.21 bits per heavy atom. The first-order valence-corrected chi connectivity index (χ1v) is 9.94. The number of para-hydroxylation sites is 1. The predicted octanol–water partition coefficient (Wildman–Crippen LogP) is 3.45. The number of piperidine rings is 1. The molecule has 0 N–H and O–H groups in total. The van der Waals surface area contributed by atoms with E-state index in [1.807, 2.05) is 52.0 Å². The van der Waals surface area contributed by atoms with E-state index in [9.17, 15) is 4.79 Å². The minimum absolute atomic E-state index is 0.180. The van der Waals surface area contributed by atoms with E-state index in [4.69, 9.17) is 4.74 Å². The summed E-state index contributed by atoms with van der Waals surface area (Å²) in [4.78, 5) is 14.7.